The summed E-state index contributed by atoms with van der Waals surface area (Å²) in [6.45, 7) is 0.928. The zero-order valence-electron chi connectivity index (χ0n) is 14.7. The molecule has 0 atom stereocenters. The Morgan fingerprint density at radius 3 is 2.56 bits per heavy atom. The maximum atomic E-state index is 12.4. The first kappa shape index (κ1) is 19.9. The van der Waals surface area contributed by atoms with Crippen molar-refractivity contribution in [1.29, 1.82) is 5.26 Å². The number of anilines is 2. The summed E-state index contributed by atoms with van der Waals surface area (Å²) in [7, 11) is 1.24. The Morgan fingerprint density at radius 1 is 1.22 bits per heavy atom. The third kappa shape index (κ3) is 4.84. The molecule has 0 aliphatic carbocycles. The fourth-order valence-electron chi connectivity index (χ4n) is 2.35. The number of esters is 1. The fourth-order valence-corrected chi connectivity index (χ4v) is 2.57. The SMILES string of the molecule is COC(=O)c1ccc(Cl)c(N(CC(=O)Nc2ccccc2C#N)C(C)=O)c1. The first-order valence-electron chi connectivity index (χ1n) is 7.82. The maximum absolute atomic E-state index is 12.4. The van der Waals surface area contributed by atoms with Crippen LogP contribution < -0.4 is 10.2 Å². The van der Waals surface area contributed by atoms with Gasteiger partial charge in [0.1, 0.15) is 12.6 Å². The third-order valence-electron chi connectivity index (χ3n) is 3.66. The van der Waals surface area contributed by atoms with Crippen LogP contribution in [0.25, 0.3) is 0 Å². The Balaban J connectivity index is 2.28. The van der Waals surface area contributed by atoms with Crippen molar-refractivity contribution in [2.75, 3.05) is 23.9 Å². The van der Waals surface area contributed by atoms with Crippen LogP contribution in [0.4, 0.5) is 11.4 Å². The molecular formula is C19H16ClN3O4. The molecule has 0 saturated heterocycles. The van der Waals surface area contributed by atoms with E-state index >= 15 is 0 Å². The van der Waals surface area contributed by atoms with Gasteiger partial charge in [-0.2, -0.15) is 5.26 Å². The lowest BCUT2D eigenvalue weighted by Gasteiger charge is -2.22. The normalized spacial score (nSPS) is 9.85. The Hall–Kier alpha value is -3.37. The highest BCUT2D eigenvalue weighted by atomic mass is 35.5. The van der Waals surface area contributed by atoms with E-state index in [1.165, 1.54) is 32.2 Å². The number of ether oxygens (including phenoxy) is 1. The van der Waals surface area contributed by atoms with Crippen molar-refractivity contribution in [3.63, 3.8) is 0 Å². The average Bonchev–Trinajstić information content (AvgIpc) is 2.66. The number of halogens is 1. The summed E-state index contributed by atoms with van der Waals surface area (Å²) in [5.41, 5.74) is 1.03. The number of benzene rings is 2. The molecule has 2 amide bonds. The number of carbonyl (C=O) groups excluding carboxylic acids is 3. The number of hydrogen-bond donors (Lipinski definition) is 1. The summed E-state index contributed by atoms with van der Waals surface area (Å²) in [6.07, 6.45) is 0. The molecule has 0 fully saturated rings. The minimum atomic E-state index is -0.594. The van der Waals surface area contributed by atoms with Gasteiger partial charge in [0, 0.05) is 6.92 Å². The second-order valence-electron chi connectivity index (χ2n) is 5.47. The van der Waals surface area contributed by atoms with Gasteiger partial charge >= 0.3 is 5.97 Å². The molecule has 27 heavy (non-hydrogen) atoms. The molecule has 0 spiro atoms. The number of hydrogen-bond acceptors (Lipinski definition) is 5. The van der Waals surface area contributed by atoms with Crippen LogP contribution in [0.5, 0.6) is 0 Å². The van der Waals surface area contributed by atoms with Crippen LogP contribution in [-0.2, 0) is 14.3 Å². The largest absolute Gasteiger partial charge is 0.465 e. The molecule has 0 aliphatic rings. The quantitative estimate of drug-likeness (QED) is 0.797. The van der Waals surface area contributed by atoms with E-state index in [1.807, 2.05) is 6.07 Å². The lowest BCUT2D eigenvalue weighted by molar-refractivity contribution is -0.120. The van der Waals surface area contributed by atoms with Gasteiger partial charge in [0.25, 0.3) is 0 Å². The topological polar surface area (TPSA) is 99.5 Å². The van der Waals surface area contributed by atoms with Gasteiger partial charge in [-0.15, -0.1) is 0 Å². The Bertz CT molecular complexity index is 937. The van der Waals surface area contributed by atoms with Crippen molar-refractivity contribution in [3.05, 3.63) is 58.6 Å². The molecule has 138 valence electrons. The highest BCUT2D eigenvalue weighted by Crippen LogP contribution is 2.28. The molecule has 0 saturated carbocycles. The number of carbonyl (C=O) groups is 3. The lowest BCUT2D eigenvalue weighted by atomic mass is 10.1. The second-order valence-corrected chi connectivity index (χ2v) is 5.88. The zero-order chi connectivity index (χ0) is 20.0. The van der Waals surface area contributed by atoms with Crippen LogP contribution in [-0.4, -0.2) is 31.4 Å². The van der Waals surface area contributed by atoms with Gasteiger partial charge in [-0.1, -0.05) is 23.7 Å². The molecule has 1 N–H and O–H groups in total. The van der Waals surface area contributed by atoms with Crippen LogP contribution in [0.2, 0.25) is 5.02 Å². The number of nitriles is 1. The number of methoxy groups -OCH3 is 1. The minimum Gasteiger partial charge on any atom is -0.465 e. The van der Waals surface area contributed by atoms with Gasteiger partial charge in [-0.05, 0) is 30.3 Å². The average molecular weight is 386 g/mol. The van der Waals surface area contributed by atoms with Gasteiger partial charge in [-0.3, -0.25) is 9.59 Å². The molecule has 0 bridgehead atoms. The van der Waals surface area contributed by atoms with Crippen LogP contribution in [0.3, 0.4) is 0 Å². The van der Waals surface area contributed by atoms with Crippen molar-refractivity contribution < 1.29 is 19.1 Å². The number of para-hydroxylation sites is 1. The third-order valence-corrected chi connectivity index (χ3v) is 3.98. The van der Waals surface area contributed by atoms with Crippen molar-refractivity contribution in [2.45, 2.75) is 6.92 Å². The molecule has 0 heterocycles. The first-order valence-corrected chi connectivity index (χ1v) is 8.20. The molecular weight excluding hydrogens is 370 g/mol. The predicted molar refractivity (Wildman–Crippen MR) is 101 cm³/mol. The number of nitrogens with one attached hydrogen (secondary N) is 1. The molecule has 0 aromatic heterocycles. The molecule has 8 heteroatoms. The molecule has 0 aliphatic heterocycles. The fraction of sp³-hybridized carbons (Fsp3) is 0.158. The zero-order valence-corrected chi connectivity index (χ0v) is 15.4. The summed E-state index contributed by atoms with van der Waals surface area (Å²) >= 11 is 6.15. The number of nitrogens with zero attached hydrogens (tertiary/aromatic N) is 2. The highest BCUT2D eigenvalue weighted by Gasteiger charge is 2.21. The molecule has 2 aromatic rings. The number of amides is 2. The first-order chi connectivity index (χ1) is 12.9. The Labute approximate surface area is 161 Å². The van der Waals surface area contributed by atoms with Crippen molar-refractivity contribution in [3.8, 4) is 6.07 Å². The Morgan fingerprint density at radius 2 is 1.93 bits per heavy atom. The molecule has 2 rings (SSSR count). The molecule has 0 unspecified atom stereocenters. The van der Waals surface area contributed by atoms with Gasteiger partial charge < -0.3 is 15.0 Å². The summed E-state index contributed by atoms with van der Waals surface area (Å²) in [5, 5.41) is 11.9. The van der Waals surface area contributed by atoms with E-state index in [0.717, 1.165) is 4.90 Å². The van der Waals surface area contributed by atoms with Crippen LogP contribution in [0, 0.1) is 11.3 Å². The van der Waals surface area contributed by atoms with E-state index in [4.69, 9.17) is 16.9 Å². The minimum absolute atomic E-state index is 0.193. The lowest BCUT2D eigenvalue weighted by Crippen LogP contribution is -2.37. The van der Waals surface area contributed by atoms with E-state index in [1.54, 1.807) is 24.3 Å². The summed E-state index contributed by atoms with van der Waals surface area (Å²) in [4.78, 5) is 37.3. The van der Waals surface area contributed by atoms with Crippen LogP contribution in [0.15, 0.2) is 42.5 Å². The van der Waals surface area contributed by atoms with Gasteiger partial charge in [-0.25, -0.2) is 4.79 Å². The van der Waals surface area contributed by atoms with Crippen molar-refractivity contribution in [2.24, 2.45) is 0 Å². The van der Waals surface area contributed by atoms with E-state index in [0.29, 0.717) is 11.3 Å². The summed E-state index contributed by atoms with van der Waals surface area (Å²) in [6, 6.07) is 12.8. The maximum Gasteiger partial charge on any atom is 0.337 e. The van der Waals surface area contributed by atoms with Gasteiger partial charge in [0.15, 0.2) is 0 Å². The second kappa shape index (κ2) is 8.83. The van der Waals surface area contributed by atoms with Gasteiger partial charge in [0.2, 0.25) is 11.8 Å². The molecule has 2 aromatic carbocycles. The van der Waals surface area contributed by atoms with E-state index < -0.39 is 17.8 Å². The highest BCUT2D eigenvalue weighted by molar-refractivity contribution is 6.34. The molecule has 0 radical (unpaired) electrons. The summed E-state index contributed by atoms with van der Waals surface area (Å²) in [5.74, 6) is -1.56. The Kier molecular flexibility index (Phi) is 6.52. The van der Waals surface area contributed by atoms with E-state index in [-0.39, 0.29) is 22.8 Å². The standard InChI is InChI=1S/C19H16ClN3O4/c1-12(24)23(17-9-13(19(26)27-2)7-8-15(17)20)11-18(25)22-16-6-4-3-5-14(16)10-21/h3-9H,11H2,1-2H3,(H,22,25). The van der Waals surface area contributed by atoms with Crippen LogP contribution in [0.1, 0.15) is 22.8 Å². The van der Waals surface area contributed by atoms with Gasteiger partial charge in [0.05, 0.1) is 34.6 Å². The van der Waals surface area contributed by atoms with E-state index in [9.17, 15) is 14.4 Å². The smallest absolute Gasteiger partial charge is 0.337 e. The van der Waals surface area contributed by atoms with Crippen LogP contribution >= 0.6 is 11.6 Å². The number of rotatable bonds is 5. The molecule has 7 nitrogen and oxygen atoms in total. The van der Waals surface area contributed by atoms with Crippen molar-refractivity contribution >= 4 is 40.8 Å². The van der Waals surface area contributed by atoms with E-state index in [2.05, 4.69) is 10.1 Å². The summed E-state index contributed by atoms with van der Waals surface area (Å²) < 4.78 is 4.66. The predicted octanol–water partition coefficient (Wildman–Crippen LogP) is 2.99. The monoisotopic (exact) mass is 385 g/mol. The van der Waals surface area contributed by atoms with Crippen molar-refractivity contribution in [1.82, 2.24) is 0 Å².